The molecule has 2 aromatic rings. The van der Waals surface area contributed by atoms with Crippen LogP contribution in [0, 0.1) is 19.8 Å². The van der Waals surface area contributed by atoms with Crippen LogP contribution in [-0.2, 0) is 10.5 Å². The van der Waals surface area contributed by atoms with E-state index in [0.29, 0.717) is 42.3 Å². The van der Waals surface area contributed by atoms with E-state index in [9.17, 15) is 9.59 Å². The van der Waals surface area contributed by atoms with Gasteiger partial charge in [-0.3, -0.25) is 9.59 Å². The van der Waals surface area contributed by atoms with Gasteiger partial charge in [-0.05, 0) is 38.8 Å². The number of aromatic nitrogens is 2. The standard InChI is InChI=1S/C19H24N4O3S/c1-12-16(13(2)26-22-12)11-27-18-15(5-4-8-21-18)19(25)23-9-6-14(7-10-23)17(24)20-3/h4-5,8,14H,6-7,9-11H2,1-3H3,(H,20,24). The first-order valence-corrected chi connectivity index (χ1v) is 10.00. The molecule has 0 aromatic carbocycles. The van der Waals surface area contributed by atoms with Crippen LogP contribution in [0.15, 0.2) is 27.9 Å². The average molecular weight is 388 g/mol. The monoisotopic (exact) mass is 388 g/mol. The second kappa shape index (κ2) is 8.56. The SMILES string of the molecule is CNC(=O)C1CCN(C(=O)c2cccnc2SCc2c(C)noc2C)CC1. The third-order valence-electron chi connectivity index (χ3n) is 4.94. The maximum absolute atomic E-state index is 13.0. The second-order valence-corrected chi connectivity index (χ2v) is 7.59. The van der Waals surface area contributed by atoms with E-state index >= 15 is 0 Å². The Bertz CT molecular complexity index is 809. The average Bonchev–Trinajstić information content (AvgIpc) is 3.03. The minimum atomic E-state index is -0.0280. The van der Waals surface area contributed by atoms with Gasteiger partial charge in [-0.15, -0.1) is 11.8 Å². The molecule has 3 heterocycles. The van der Waals surface area contributed by atoms with E-state index in [1.165, 1.54) is 11.8 Å². The number of aryl methyl sites for hydroxylation is 2. The molecular formula is C19H24N4O3S. The summed E-state index contributed by atoms with van der Waals surface area (Å²) in [6.45, 7) is 4.96. The van der Waals surface area contributed by atoms with Crippen LogP contribution in [0.2, 0.25) is 0 Å². The molecular weight excluding hydrogens is 364 g/mol. The number of thioether (sulfide) groups is 1. The fourth-order valence-electron chi connectivity index (χ4n) is 3.24. The van der Waals surface area contributed by atoms with Gasteiger partial charge in [-0.1, -0.05) is 5.16 Å². The van der Waals surface area contributed by atoms with Gasteiger partial charge in [0.05, 0.1) is 11.3 Å². The lowest BCUT2D eigenvalue weighted by molar-refractivity contribution is -0.125. The zero-order valence-corrected chi connectivity index (χ0v) is 16.6. The number of hydrogen-bond acceptors (Lipinski definition) is 6. The minimum Gasteiger partial charge on any atom is -0.361 e. The highest BCUT2D eigenvalue weighted by Gasteiger charge is 2.28. The van der Waals surface area contributed by atoms with Gasteiger partial charge in [0.25, 0.3) is 5.91 Å². The molecule has 2 amide bonds. The summed E-state index contributed by atoms with van der Waals surface area (Å²) < 4.78 is 5.20. The lowest BCUT2D eigenvalue weighted by Crippen LogP contribution is -2.42. The highest BCUT2D eigenvalue weighted by molar-refractivity contribution is 7.98. The van der Waals surface area contributed by atoms with Crippen LogP contribution in [-0.4, -0.2) is 47.0 Å². The molecule has 144 valence electrons. The molecule has 7 nitrogen and oxygen atoms in total. The van der Waals surface area contributed by atoms with E-state index in [0.717, 1.165) is 17.0 Å². The largest absolute Gasteiger partial charge is 0.361 e. The van der Waals surface area contributed by atoms with Gasteiger partial charge in [0.2, 0.25) is 5.91 Å². The van der Waals surface area contributed by atoms with E-state index in [1.54, 1.807) is 19.3 Å². The number of pyridine rings is 1. The van der Waals surface area contributed by atoms with Gasteiger partial charge in [0.15, 0.2) is 0 Å². The Morgan fingerprint density at radius 2 is 2.07 bits per heavy atom. The third-order valence-corrected chi connectivity index (χ3v) is 5.97. The number of hydrogen-bond donors (Lipinski definition) is 1. The fraction of sp³-hybridized carbons (Fsp3) is 0.474. The van der Waals surface area contributed by atoms with Crippen molar-refractivity contribution in [2.24, 2.45) is 5.92 Å². The van der Waals surface area contributed by atoms with E-state index < -0.39 is 0 Å². The Morgan fingerprint density at radius 3 is 2.70 bits per heavy atom. The van der Waals surface area contributed by atoms with Crippen LogP contribution in [0.3, 0.4) is 0 Å². The Labute approximate surface area is 162 Å². The summed E-state index contributed by atoms with van der Waals surface area (Å²) in [5.41, 5.74) is 2.50. The van der Waals surface area contributed by atoms with Crippen molar-refractivity contribution in [2.45, 2.75) is 37.5 Å². The summed E-state index contributed by atoms with van der Waals surface area (Å²) in [6, 6.07) is 3.60. The smallest absolute Gasteiger partial charge is 0.256 e. The molecule has 3 rings (SSSR count). The molecule has 27 heavy (non-hydrogen) atoms. The van der Waals surface area contributed by atoms with Crippen LogP contribution in [0.5, 0.6) is 0 Å². The molecule has 0 saturated carbocycles. The molecule has 0 spiro atoms. The highest BCUT2D eigenvalue weighted by atomic mass is 32.2. The first-order chi connectivity index (χ1) is 13.0. The Morgan fingerprint density at radius 1 is 1.33 bits per heavy atom. The van der Waals surface area contributed by atoms with Gasteiger partial charge in [-0.2, -0.15) is 0 Å². The molecule has 0 bridgehead atoms. The van der Waals surface area contributed by atoms with Crippen molar-refractivity contribution in [1.29, 1.82) is 0 Å². The molecule has 0 unspecified atom stereocenters. The van der Waals surface area contributed by atoms with Crippen molar-refractivity contribution in [3.05, 3.63) is 40.9 Å². The predicted molar refractivity (Wildman–Crippen MR) is 102 cm³/mol. The maximum Gasteiger partial charge on any atom is 0.256 e. The number of piperidine rings is 1. The highest BCUT2D eigenvalue weighted by Crippen LogP contribution is 2.28. The molecule has 1 N–H and O–H groups in total. The summed E-state index contributed by atoms with van der Waals surface area (Å²) in [5, 5.41) is 7.37. The number of nitrogens with zero attached hydrogens (tertiary/aromatic N) is 3. The summed E-state index contributed by atoms with van der Waals surface area (Å²) in [7, 11) is 1.65. The van der Waals surface area contributed by atoms with Crippen LogP contribution in [0.1, 0.15) is 40.2 Å². The van der Waals surface area contributed by atoms with Crippen LogP contribution < -0.4 is 5.32 Å². The quantitative estimate of drug-likeness (QED) is 0.792. The van der Waals surface area contributed by atoms with Gasteiger partial charge < -0.3 is 14.7 Å². The zero-order chi connectivity index (χ0) is 19.4. The molecule has 0 aliphatic carbocycles. The van der Waals surface area contributed by atoms with Crippen molar-refractivity contribution in [2.75, 3.05) is 20.1 Å². The molecule has 1 aliphatic rings. The maximum atomic E-state index is 13.0. The number of likely N-dealkylation sites (tertiary alicyclic amines) is 1. The van der Waals surface area contributed by atoms with Crippen molar-refractivity contribution >= 4 is 23.6 Å². The van der Waals surface area contributed by atoms with Crippen LogP contribution in [0.4, 0.5) is 0 Å². The number of rotatable bonds is 5. The summed E-state index contributed by atoms with van der Waals surface area (Å²) in [6.07, 6.45) is 3.07. The molecule has 1 fully saturated rings. The lowest BCUT2D eigenvalue weighted by Gasteiger charge is -2.31. The Hall–Kier alpha value is -2.35. The predicted octanol–water partition coefficient (Wildman–Crippen LogP) is 2.58. The van der Waals surface area contributed by atoms with Crippen molar-refractivity contribution in [3.63, 3.8) is 0 Å². The fourth-order valence-corrected chi connectivity index (χ4v) is 4.38. The normalized spacial score (nSPS) is 15.0. The minimum absolute atomic E-state index is 0.0127. The topological polar surface area (TPSA) is 88.3 Å². The molecule has 2 aromatic heterocycles. The molecule has 8 heteroatoms. The number of nitrogens with one attached hydrogen (secondary N) is 1. The van der Waals surface area contributed by atoms with Crippen molar-refractivity contribution < 1.29 is 14.1 Å². The summed E-state index contributed by atoms with van der Waals surface area (Å²) >= 11 is 1.51. The third kappa shape index (κ3) is 4.32. The van der Waals surface area contributed by atoms with Gasteiger partial charge in [0.1, 0.15) is 10.8 Å². The lowest BCUT2D eigenvalue weighted by atomic mass is 9.95. The molecule has 1 saturated heterocycles. The van der Waals surface area contributed by atoms with Gasteiger partial charge in [0, 0.05) is 43.6 Å². The van der Waals surface area contributed by atoms with Crippen LogP contribution >= 0.6 is 11.8 Å². The van der Waals surface area contributed by atoms with Gasteiger partial charge in [-0.25, -0.2) is 4.98 Å². The Balaban J connectivity index is 1.68. The number of carbonyl (C=O) groups is 2. The molecule has 0 atom stereocenters. The number of amides is 2. The van der Waals surface area contributed by atoms with Crippen LogP contribution in [0.25, 0.3) is 0 Å². The van der Waals surface area contributed by atoms with Gasteiger partial charge >= 0.3 is 0 Å². The molecule has 1 aliphatic heterocycles. The van der Waals surface area contributed by atoms with E-state index in [4.69, 9.17) is 4.52 Å². The number of carbonyl (C=O) groups excluding carboxylic acids is 2. The Kier molecular flexibility index (Phi) is 6.15. The summed E-state index contributed by atoms with van der Waals surface area (Å²) in [4.78, 5) is 31.0. The zero-order valence-electron chi connectivity index (χ0n) is 15.8. The first-order valence-electron chi connectivity index (χ1n) is 9.01. The van der Waals surface area contributed by atoms with Crippen molar-refractivity contribution in [1.82, 2.24) is 20.4 Å². The van der Waals surface area contributed by atoms with E-state index in [1.807, 2.05) is 24.8 Å². The second-order valence-electron chi connectivity index (χ2n) is 6.63. The first kappa shape index (κ1) is 19.4. The van der Waals surface area contributed by atoms with E-state index in [-0.39, 0.29) is 17.7 Å². The summed E-state index contributed by atoms with van der Waals surface area (Å²) in [5.74, 6) is 1.46. The molecule has 0 radical (unpaired) electrons. The van der Waals surface area contributed by atoms with Crippen molar-refractivity contribution in [3.8, 4) is 0 Å². The van der Waals surface area contributed by atoms with E-state index in [2.05, 4.69) is 15.5 Å².